The van der Waals surface area contributed by atoms with Gasteiger partial charge in [-0.3, -0.25) is 4.98 Å². The number of nitrogens with zero attached hydrogens (tertiary/aromatic N) is 2. The van der Waals surface area contributed by atoms with Crippen LogP contribution in [0.5, 0.6) is 0 Å². The lowest BCUT2D eigenvalue weighted by molar-refractivity contribution is 0.965. The van der Waals surface area contributed by atoms with Gasteiger partial charge in [-0.2, -0.15) is 0 Å². The lowest BCUT2D eigenvalue weighted by Gasteiger charge is -2.09. The minimum absolute atomic E-state index is 0.710. The van der Waals surface area contributed by atoms with E-state index < -0.39 is 0 Å². The third kappa shape index (κ3) is 4.21. The number of anilines is 3. The molecule has 2 N–H and O–H groups in total. The van der Waals surface area contributed by atoms with Crippen LogP contribution >= 0.6 is 34.2 Å². The molecular formula is C13H14ClIN4. The molecule has 0 atom stereocenters. The number of hydrogen-bond acceptors (Lipinski definition) is 4. The molecule has 0 aliphatic rings. The van der Waals surface area contributed by atoms with Crippen LogP contribution in [0.25, 0.3) is 0 Å². The van der Waals surface area contributed by atoms with Crippen molar-refractivity contribution in [2.24, 2.45) is 0 Å². The van der Waals surface area contributed by atoms with Crippen LogP contribution in [0.1, 0.15) is 13.3 Å². The average molecular weight is 389 g/mol. The summed E-state index contributed by atoms with van der Waals surface area (Å²) in [5.41, 5.74) is 0.965. The summed E-state index contributed by atoms with van der Waals surface area (Å²) >= 11 is 8.17. The molecule has 4 nitrogen and oxygen atoms in total. The van der Waals surface area contributed by atoms with Crippen LogP contribution < -0.4 is 10.6 Å². The van der Waals surface area contributed by atoms with Gasteiger partial charge in [-0.05, 0) is 47.2 Å². The predicted octanol–water partition coefficient (Wildman–Crippen LogP) is 4.30. The lowest BCUT2D eigenvalue weighted by Crippen LogP contribution is -2.04. The molecule has 0 unspecified atom stereocenters. The van der Waals surface area contributed by atoms with E-state index in [9.17, 15) is 0 Å². The van der Waals surface area contributed by atoms with E-state index in [1.807, 2.05) is 18.2 Å². The number of aromatic nitrogens is 2. The fraction of sp³-hybridized carbons (Fsp3) is 0.231. The zero-order chi connectivity index (χ0) is 13.7. The highest BCUT2D eigenvalue weighted by molar-refractivity contribution is 14.1. The minimum Gasteiger partial charge on any atom is -0.369 e. The summed E-state index contributed by atoms with van der Waals surface area (Å²) in [4.78, 5) is 8.61. The summed E-state index contributed by atoms with van der Waals surface area (Å²) in [6, 6.07) is 5.67. The molecule has 0 saturated heterocycles. The van der Waals surface area contributed by atoms with Crippen molar-refractivity contribution in [3.63, 3.8) is 0 Å². The second kappa shape index (κ2) is 6.91. The molecule has 0 spiro atoms. The van der Waals surface area contributed by atoms with Crippen LogP contribution in [-0.2, 0) is 0 Å². The minimum atomic E-state index is 0.710. The van der Waals surface area contributed by atoms with E-state index in [1.165, 1.54) is 0 Å². The Kier molecular flexibility index (Phi) is 5.21. The smallest absolute Gasteiger partial charge is 0.151 e. The van der Waals surface area contributed by atoms with Crippen LogP contribution in [-0.4, -0.2) is 16.5 Å². The Morgan fingerprint density at radius 1 is 1.26 bits per heavy atom. The van der Waals surface area contributed by atoms with Crippen LogP contribution in [0.15, 0.2) is 30.6 Å². The molecule has 1 aromatic carbocycles. The Bertz CT molecular complexity index is 562. The average Bonchev–Trinajstić information content (AvgIpc) is 2.40. The van der Waals surface area contributed by atoms with Gasteiger partial charge in [-0.1, -0.05) is 18.5 Å². The fourth-order valence-electron chi connectivity index (χ4n) is 1.49. The maximum absolute atomic E-state index is 5.93. The highest BCUT2D eigenvalue weighted by Gasteiger charge is 2.03. The molecule has 0 amide bonds. The fourth-order valence-corrected chi connectivity index (χ4v) is 2.50. The van der Waals surface area contributed by atoms with Gasteiger partial charge in [0.15, 0.2) is 5.82 Å². The van der Waals surface area contributed by atoms with Gasteiger partial charge in [0.2, 0.25) is 0 Å². The van der Waals surface area contributed by atoms with Crippen molar-refractivity contribution >= 4 is 51.5 Å². The zero-order valence-electron chi connectivity index (χ0n) is 10.5. The normalized spacial score (nSPS) is 10.3. The van der Waals surface area contributed by atoms with E-state index in [0.717, 1.165) is 33.1 Å². The first-order chi connectivity index (χ1) is 9.19. The van der Waals surface area contributed by atoms with Gasteiger partial charge in [0.1, 0.15) is 5.82 Å². The molecule has 0 fully saturated rings. The monoisotopic (exact) mass is 388 g/mol. The second-order valence-electron chi connectivity index (χ2n) is 3.97. The van der Waals surface area contributed by atoms with Crippen molar-refractivity contribution in [2.75, 3.05) is 17.2 Å². The zero-order valence-corrected chi connectivity index (χ0v) is 13.4. The topological polar surface area (TPSA) is 49.8 Å². The van der Waals surface area contributed by atoms with Crippen molar-refractivity contribution in [3.05, 3.63) is 39.2 Å². The maximum Gasteiger partial charge on any atom is 0.151 e. The molecule has 0 radical (unpaired) electrons. The third-order valence-corrected chi connectivity index (χ3v) is 3.51. The van der Waals surface area contributed by atoms with Crippen molar-refractivity contribution in [3.8, 4) is 0 Å². The van der Waals surface area contributed by atoms with E-state index in [4.69, 9.17) is 11.6 Å². The van der Waals surface area contributed by atoms with Crippen molar-refractivity contribution in [1.29, 1.82) is 0 Å². The molecule has 1 heterocycles. The summed E-state index contributed by atoms with van der Waals surface area (Å²) in [5.74, 6) is 1.48. The summed E-state index contributed by atoms with van der Waals surface area (Å²) < 4.78 is 1.04. The largest absolute Gasteiger partial charge is 0.369 e. The number of benzene rings is 1. The molecule has 2 rings (SSSR count). The Hall–Kier alpha value is -1.08. The van der Waals surface area contributed by atoms with Gasteiger partial charge in [-0.25, -0.2) is 4.98 Å². The summed E-state index contributed by atoms with van der Waals surface area (Å²) in [6.07, 6.45) is 4.46. The van der Waals surface area contributed by atoms with Gasteiger partial charge in [0, 0.05) is 15.1 Å². The highest BCUT2D eigenvalue weighted by atomic mass is 127. The molecule has 1 aromatic heterocycles. The number of halogens is 2. The Morgan fingerprint density at radius 2 is 2.05 bits per heavy atom. The SMILES string of the molecule is CCCNc1cncc(Nc2ccc(Cl)cc2I)n1. The Balaban J connectivity index is 2.14. The molecular weight excluding hydrogens is 375 g/mol. The maximum atomic E-state index is 5.93. The molecule has 0 bridgehead atoms. The van der Waals surface area contributed by atoms with Gasteiger partial charge in [0.05, 0.1) is 18.1 Å². The summed E-state index contributed by atoms with van der Waals surface area (Å²) in [6.45, 7) is 3.00. The van der Waals surface area contributed by atoms with Crippen molar-refractivity contribution in [1.82, 2.24) is 9.97 Å². The predicted molar refractivity (Wildman–Crippen MR) is 88.3 cm³/mol. The van der Waals surface area contributed by atoms with Crippen LogP contribution in [0, 0.1) is 3.57 Å². The third-order valence-electron chi connectivity index (χ3n) is 2.38. The van der Waals surface area contributed by atoms with E-state index >= 15 is 0 Å². The van der Waals surface area contributed by atoms with Crippen molar-refractivity contribution < 1.29 is 0 Å². The highest BCUT2D eigenvalue weighted by Crippen LogP contribution is 2.24. The molecule has 100 valence electrons. The van der Waals surface area contributed by atoms with Crippen LogP contribution in [0.4, 0.5) is 17.3 Å². The second-order valence-corrected chi connectivity index (χ2v) is 5.56. The first-order valence-electron chi connectivity index (χ1n) is 5.97. The standard InChI is InChI=1S/C13H14ClIN4/c1-2-5-17-12-7-16-8-13(19-12)18-11-4-3-9(14)6-10(11)15/h3-4,6-8H,2,5H2,1H3,(H2,17,18,19). The summed E-state index contributed by atoms with van der Waals surface area (Å²) in [7, 11) is 0. The van der Waals surface area contributed by atoms with E-state index in [1.54, 1.807) is 12.4 Å². The van der Waals surface area contributed by atoms with Gasteiger partial charge >= 0.3 is 0 Å². The molecule has 0 aliphatic heterocycles. The van der Waals surface area contributed by atoms with Gasteiger partial charge in [0.25, 0.3) is 0 Å². The van der Waals surface area contributed by atoms with Crippen LogP contribution in [0.3, 0.4) is 0 Å². The number of nitrogens with one attached hydrogen (secondary N) is 2. The molecule has 19 heavy (non-hydrogen) atoms. The first-order valence-corrected chi connectivity index (χ1v) is 7.42. The number of hydrogen-bond donors (Lipinski definition) is 2. The molecule has 0 aliphatic carbocycles. The Labute approximate surface area is 131 Å². The number of rotatable bonds is 5. The Morgan fingerprint density at radius 3 is 2.79 bits per heavy atom. The first kappa shape index (κ1) is 14.3. The van der Waals surface area contributed by atoms with Crippen molar-refractivity contribution in [2.45, 2.75) is 13.3 Å². The lowest BCUT2D eigenvalue weighted by atomic mass is 10.3. The van der Waals surface area contributed by atoms with E-state index in [2.05, 4.69) is 50.1 Å². The quantitative estimate of drug-likeness (QED) is 0.750. The molecule has 6 heteroatoms. The summed E-state index contributed by atoms with van der Waals surface area (Å²) in [5, 5.41) is 7.17. The van der Waals surface area contributed by atoms with Crippen LogP contribution in [0.2, 0.25) is 5.02 Å². The molecule has 2 aromatic rings. The van der Waals surface area contributed by atoms with Gasteiger partial charge in [-0.15, -0.1) is 0 Å². The molecule has 0 saturated carbocycles. The van der Waals surface area contributed by atoms with Gasteiger partial charge < -0.3 is 10.6 Å². The van der Waals surface area contributed by atoms with E-state index in [0.29, 0.717) is 5.82 Å². The van der Waals surface area contributed by atoms with E-state index in [-0.39, 0.29) is 0 Å².